The van der Waals surface area contributed by atoms with Crippen molar-refractivity contribution < 1.29 is 0 Å². The molecule has 0 aliphatic carbocycles. The van der Waals surface area contributed by atoms with E-state index >= 15 is 0 Å². The van der Waals surface area contributed by atoms with Crippen LogP contribution in [-0.4, -0.2) is 24.5 Å². The predicted octanol–water partition coefficient (Wildman–Crippen LogP) is 3.32. The maximum Gasteiger partial charge on any atom is 0.0453 e. The van der Waals surface area contributed by atoms with Crippen LogP contribution in [-0.2, 0) is 0 Å². The minimum atomic E-state index is 0.299. The lowest BCUT2D eigenvalue weighted by atomic mass is 9.99. The first kappa shape index (κ1) is 14.5. The lowest BCUT2D eigenvalue weighted by Gasteiger charge is -2.34. The molecule has 0 aliphatic heterocycles. The lowest BCUT2D eigenvalue weighted by molar-refractivity contribution is 0.154. The Labute approximate surface area is 110 Å². The van der Waals surface area contributed by atoms with E-state index in [9.17, 15) is 0 Å². The van der Waals surface area contributed by atoms with Gasteiger partial charge < -0.3 is 5.73 Å². The zero-order valence-corrected chi connectivity index (χ0v) is 11.9. The maximum absolute atomic E-state index is 6.23. The minimum absolute atomic E-state index is 0.299. The van der Waals surface area contributed by atoms with Crippen LogP contribution >= 0.6 is 11.6 Å². The van der Waals surface area contributed by atoms with Crippen LogP contribution < -0.4 is 5.73 Å². The molecule has 0 amide bonds. The van der Waals surface area contributed by atoms with E-state index in [1.807, 2.05) is 18.2 Å². The molecule has 0 saturated carbocycles. The summed E-state index contributed by atoms with van der Waals surface area (Å²) in [6, 6.07) is 8.76. The van der Waals surface area contributed by atoms with Crippen LogP contribution in [0.2, 0.25) is 5.02 Å². The molecule has 0 spiro atoms. The first-order valence-electron chi connectivity index (χ1n) is 6.15. The van der Waals surface area contributed by atoms with Gasteiger partial charge in [-0.15, -0.1) is 0 Å². The fraction of sp³-hybridized carbons (Fsp3) is 0.571. The van der Waals surface area contributed by atoms with Crippen LogP contribution in [0.1, 0.15) is 32.4 Å². The molecule has 1 aromatic rings. The number of hydrogen-bond acceptors (Lipinski definition) is 2. The quantitative estimate of drug-likeness (QED) is 0.874. The average Bonchev–Trinajstić information content (AvgIpc) is 2.35. The molecule has 2 N–H and O–H groups in total. The van der Waals surface area contributed by atoms with Crippen molar-refractivity contribution in [3.05, 3.63) is 34.9 Å². The van der Waals surface area contributed by atoms with Gasteiger partial charge in [-0.3, -0.25) is 4.90 Å². The van der Waals surface area contributed by atoms with Gasteiger partial charge in [-0.05, 0) is 45.0 Å². The summed E-state index contributed by atoms with van der Waals surface area (Å²) in [7, 11) is 2.13. The van der Waals surface area contributed by atoms with E-state index in [1.165, 1.54) is 5.56 Å². The zero-order chi connectivity index (χ0) is 13.0. The summed E-state index contributed by atoms with van der Waals surface area (Å²) >= 11 is 6.23. The number of nitrogens with zero attached hydrogens (tertiary/aromatic N) is 1. The molecule has 17 heavy (non-hydrogen) atoms. The van der Waals surface area contributed by atoms with Gasteiger partial charge in [0, 0.05) is 17.1 Å². The van der Waals surface area contributed by atoms with Crippen molar-refractivity contribution in [1.29, 1.82) is 0 Å². The Morgan fingerprint density at radius 3 is 2.35 bits per heavy atom. The molecule has 0 bridgehead atoms. The molecule has 2 nitrogen and oxygen atoms in total. The number of nitrogens with two attached hydrogens (primary N) is 1. The van der Waals surface area contributed by atoms with E-state index in [2.05, 4.69) is 38.8 Å². The second-order valence-electron chi connectivity index (χ2n) is 4.82. The molecule has 1 aromatic carbocycles. The zero-order valence-electron chi connectivity index (χ0n) is 11.2. The molecule has 0 heterocycles. The van der Waals surface area contributed by atoms with Crippen molar-refractivity contribution in [2.45, 2.75) is 32.9 Å². The molecule has 3 unspecified atom stereocenters. The number of rotatable bonds is 5. The molecule has 0 radical (unpaired) electrons. The number of benzene rings is 1. The first-order chi connectivity index (χ1) is 7.99. The van der Waals surface area contributed by atoms with E-state index < -0.39 is 0 Å². The Bertz CT molecular complexity index is 354. The van der Waals surface area contributed by atoms with Gasteiger partial charge in [0.25, 0.3) is 0 Å². The third-order valence-corrected chi connectivity index (χ3v) is 4.15. The van der Waals surface area contributed by atoms with Gasteiger partial charge in [0.2, 0.25) is 0 Å². The average molecular weight is 255 g/mol. The summed E-state index contributed by atoms with van der Waals surface area (Å²) in [4.78, 5) is 2.33. The summed E-state index contributed by atoms with van der Waals surface area (Å²) in [5.74, 6) is 0.477. The summed E-state index contributed by atoms with van der Waals surface area (Å²) in [5, 5.41) is 0.833. The number of hydrogen-bond donors (Lipinski definition) is 1. The summed E-state index contributed by atoms with van der Waals surface area (Å²) in [6.45, 7) is 7.28. The minimum Gasteiger partial charge on any atom is -0.330 e. The van der Waals surface area contributed by atoms with Crippen molar-refractivity contribution in [1.82, 2.24) is 4.90 Å². The van der Waals surface area contributed by atoms with E-state index in [-0.39, 0.29) is 0 Å². The highest BCUT2D eigenvalue weighted by molar-refractivity contribution is 6.31. The van der Waals surface area contributed by atoms with Gasteiger partial charge >= 0.3 is 0 Å². The standard InChI is InChI=1S/C14H23ClN2/c1-10(9-16)11(2)17(4)12(3)13-7-5-6-8-14(13)15/h5-8,10-12H,9,16H2,1-4H3. The molecule has 0 aliphatic rings. The first-order valence-corrected chi connectivity index (χ1v) is 6.53. The van der Waals surface area contributed by atoms with E-state index in [0.29, 0.717) is 24.5 Å². The fourth-order valence-corrected chi connectivity index (χ4v) is 2.28. The maximum atomic E-state index is 6.23. The second kappa shape index (κ2) is 6.39. The normalized spacial score (nSPS) is 16.9. The third kappa shape index (κ3) is 3.44. The van der Waals surface area contributed by atoms with Crippen molar-refractivity contribution in [2.75, 3.05) is 13.6 Å². The van der Waals surface area contributed by atoms with E-state index in [1.54, 1.807) is 0 Å². The molecular weight excluding hydrogens is 232 g/mol. The molecular formula is C14H23ClN2. The van der Waals surface area contributed by atoms with Crippen LogP contribution in [0.5, 0.6) is 0 Å². The van der Waals surface area contributed by atoms with Crippen LogP contribution in [0.25, 0.3) is 0 Å². The molecule has 96 valence electrons. The molecule has 0 aromatic heterocycles. The van der Waals surface area contributed by atoms with Crippen LogP contribution in [0, 0.1) is 5.92 Å². The Morgan fingerprint density at radius 2 is 1.82 bits per heavy atom. The van der Waals surface area contributed by atoms with Gasteiger partial charge in [0.1, 0.15) is 0 Å². The largest absolute Gasteiger partial charge is 0.330 e. The van der Waals surface area contributed by atoms with Crippen molar-refractivity contribution in [3.8, 4) is 0 Å². The molecule has 3 atom stereocenters. The molecule has 3 heteroatoms. The highest BCUT2D eigenvalue weighted by Gasteiger charge is 2.22. The highest BCUT2D eigenvalue weighted by Crippen LogP contribution is 2.28. The van der Waals surface area contributed by atoms with Crippen molar-refractivity contribution in [2.24, 2.45) is 11.7 Å². The summed E-state index contributed by atoms with van der Waals surface area (Å²) in [5.41, 5.74) is 6.90. The van der Waals surface area contributed by atoms with Gasteiger partial charge in [-0.25, -0.2) is 0 Å². The van der Waals surface area contributed by atoms with E-state index in [0.717, 1.165) is 5.02 Å². The fourth-order valence-electron chi connectivity index (χ4n) is 1.98. The molecule has 0 fully saturated rings. The smallest absolute Gasteiger partial charge is 0.0453 e. The number of halogens is 1. The Morgan fingerprint density at radius 1 is 1.24 bits per heavy atom. The monoisotopic (exact) mass is 254 g/mol. The summed E-state index contributed by atoms with van der Waals surface area (Å²) < 4.78 is 0. The Kier molecular flexibility index (Phi) is 5.44. The predicted molar refractivity (Wildman–Crippen MR) is 75.3 cm³/mol. The van der Waals surface area contributed by atoms with Gasteiger partial charge in [0.05, 0.1) is 0 Å². The lowest BCUT2D eigenvalue weighted by Crippen LogP contribution is -2.39. The third-order valence-electron chi connectivity index (χ3n) is 3.80. The van der Waals surface area contributed by atoms with Gasteiger partial charge in [-0.1, -0.05) is 36.7 Å². The Hall–Kier alpha value is -0.570. The highest BCUT2D eigenvalue weighted by atomic mass is 35.5. The van der Waals surface area contributed by atoms with Crippen molar-refractivity contribution in [3.63, 3.8) is 0 Å². The van der Waals surface area contributed by atoms with Crippen LogP contribution in [0.3, 0.4) is 0 Å². The van der Waals surface area contributed by atoms with Gasteiger partial charge in [0.15, 0.2) is 0 Å². The van der Waals surface area contributed by atoms with Crippen molar-refractivity contribution >= 4 is 11.6 Å². The van der Waals surface area contributed by atoms with Gasteiger partial charge in [-0.2, -0.15) is 0 Å². The molecule has 0 saturated heterocycles. The van der Waals surface area contributed by atoms with Crippen LogP contribution in [0.4, 0.5) is 0 Å². The Balaban J connectivity index is 2.83. The van der Waals surface area contributed by atoms with Crippen LogP contribution in [0.15, 0.2) is 24.3 Å². The topological polar surface area (TPSA) is 29.3 Å². The SMILES string of the molecule is CC(CN)C(C)N(C)C(C)c1ccccc1Cl. The van der Waals surface area contributed by atoms with E-state index in [4.69, 9.17) is 17.3 Å². The second-order valence-corrected chi connectivity index (χ2v) is 5.22. The molecule has 1 rings (SSSR count). The summed E-state index contributed by atoms with van der Waals surface area (Å²) in [6.07, 6.45) is 0.